The molecule has 0 N–H and O–H groups in total. The van der Waals surface area contributed by atoms with Crippen molar-refractivity contribution in [3.05, 3.63) is 0 Å². The summed E-state index contributed by atoms with van der Waals surface area (Å²) >= 11 is 0. The third-order valence-electron chi connectivity index (χ3n) is 0.986. The molecule has 1 fully saturated rings. The minimum atomic E-state index is 0.889. The molecule has 0 aromatic carbocycles. The van der Waals surface area contributed by atoms with E-state index in [1.165, 1.54) is 6.42 Å². The van der Waals surface area contributed by atoms with Crippen LogP contribution in [-0.4, -0.2) is 26.9 Å². The van der Waals surface area contributed by atoms with E-state index in [1.54, 1.807) is 7.11 Å². The van der Waals surface area contributed by atoms with Crippen LogP contribution in [0.3, 0.4) is 0 Å². The average molecular weight is 132 g/mol. The molecule has 0 unspecified atom stereocenters. The zero-order valence-corrected chi connectivity index (χ0v) is 6.35. The normalized spacial score (nSPS) is 15.3. The monoisotopic (exact) mass is 132 g/mol. The largest absolute Gasteiger partial charge is 0.385 e. The summed E-state index contributed by atoms with van der Waals surface area (Å²) in [6.45, 7) is 4.98. The van der Waals surface area contributed by atoms with E-state index in [2.05, 4.69) is 6.92 Å². The van der Waals surface area contributed by atoms with Crippen molar-refractivity contribution in [1.29, 1.82) is 0 Å². The molecule has 2 heteroatoms. The van der Waals surface area contributed by atoms with Crippen LogP contribution < -0.4 is 0 Å². The highest BCUT2D eigenvalue weighted by Gasteiger charge is 1.94. The average Bonchev–Trinajstić information content (AvgIpc) is 1.63. The van der Waals surface area contributed by atoms with Gasteiger partial charge in [0.25, 0.3) is 0 Å². The molecule has 0 amide bonds. The van der Waals surface area contributed by atoms with Gasteiger partial charge in [0.15, 0.2) is 0 Å². The van der Waals surface area contributed by atoms with Crippen LogP contribution in [0.5, 0.6) is 0 Å². The third-order valence-corrected chi connectivity index (χ3v) is 0.986. The smallest absolute Gasteiger partial charge is 0.0488 e. The first-order chi connectivity index (χ1) is 4.41. The molecule has 1 saturated heterocycles. The summed E-state index contributed by atoms with van der Waals surface area (Å²) in [5.41, 5.74) is 0. The Labute approximate surface area is 57.2 Å². The molecule has 1 aliphatic heterocycles. The Balaban J connectivity index is 0.000000144. The van der Waals surface area contributed by atoms with Crippen LogP contribution in [0.2, 0.25) is 0 Å². The molecule has 56 valence electrons. The quantitative estimate of drug-likeness (QED) is 0.566. The van der Waals surface area contributed by atoms with Crippen molar-refractivity contribution in [3.63, 3.8) is 0 Å². The van der Waals surface area contributed by atoms with Crippen molar-refractivity contribution in [2.75, 3.05) is 26.9 Å². The second-order valence-electron chi connectivity index (χ2n) is 1.96. The molecule has 0 aromatic heterocycles. The van der Waals surface area contributed by atoms with Crippen LogP contribution in [0, 0.1) is 0 Å². The summed E-state index contributed by atoms with van der Waals surface area (Å²) in [6, 6.07) is 0. The maximum atomic E-state index is 4.72. The summed E-state index contributed by atoms with van der Waals surface area (Å²) in [6.07, 6.45) is 2.40. The number of rotatable bonds is 2. The van der Waals surface area contributed by atoms with Gasteiger partial charge >= 0.3 is 0 Å². The minimum Gasteiger partial charge on any atom is -0.385 e. The van der Waals surface area contributed by atoms with Crippen LogP contribution in [0.1, 0.15) is 19.8 Å². The number of ether oxygens (including phenoxy) is 2. The molecule has 0 spiro atoms. The van der Waals surface area contributed by atoms with E-state index >= 15 is 0 Å². The van der Waals surface area contributed by atoms with Gasteiger partial charge in [0.05, 0.1) is 0 Å². The van der Waals surface area contributed by atoms with Gasteiger partial charge in [-0.1, -0.05) is 6.92 Å². The van der Waals surface area contributed by atoms with E-state index in [-0.39, 0.29) is 0 Å². The van der Waals surface area contributed by atoms with Crippen molar-refractivity contribution in [2.45, 2.75) is 19.8 Å². The zero-order valence-electron chi connectivity index (χ0n) is 6.35. The Bertz CT molecular complexity index is 36.2. The molecule has 9 heavy (non-hydrogen) atoms. The first-order valence-corrected chi connectivity index (χ1v) is 3.48. The maximum Gasteiger partial charge on any atom is 0.0488 e. The van der Waals surface area contributed by atoms with Gasteiger partial charge in [0.1, 0.15) is 0 Å². The summed E-state index contributed by atoms with van der Waals surface area (Å²) in [5.74, 6) is 0. The van der Waals surface area contributed by atoms with E-state index in [1.807, 2.05) is 0 Å². The molecule has 1 heterocycles. The molecule has 1 rings (SSSR count). The standard InChI is InChI=1S/C4H10O.C3H6O/c1-3-4-5-2;1-2-4-3-1/h3-4H2,1-2H3;1-3H2. The Hall–Kier alpha value is -0.0800. The second kappa shape index (κ2) is 7.92. The predicted octanol–water partition coefficient (Wildman–Crippen LogP) is 1.45. The fraction of sp³-hybridized carbons (Fsp3) is 1.00. The summed E-state index contributed by atoms with van der Waals surface area (Å²) in [7, 11) is 1.71. The van der Waals surface area contributed by atoms with Crippen molar-refractivity contribution < 1.29 is 9.47 Å². The Morgan fingerprint density at radius 1 is 1.44 bits per heavy atom. The van der Waals surface area contributed by atoms with Gasteiger partial charge in [-0.05, 0) is 12.8 Å². The number of hydrogen-bond acceptors (Lipinski definition) is 2. The summed E-state index contributed by atoms with van der Waals surface area (Å²) in [5, 5.41) is 0. The third kappa shape index (κ3) is 7.92. The van der Waals surface area contributed by atoms with Crippen LogP contribution in [0.25, 0.3) is 0 Å². The fourth-order valence-electron chi connectivity index (χ4n) is 0.348. The lowest BCUT2D eigenvalue weighted by Crippen LogP contribution is -2.09. The molecular weight excluding hydrogens is 116 g/mol. The highest BCUT2D eigenvalue weighted by molar-refractivity contribution is 4.41. The van der Waals surface area contributed by atoms with Crippen molar-refractivity contribution in [1.82, 2.24) is 0 Å². The van der Waals surface area contributed by atoms with E-state index in [4.69, 9.17) is 9.47 Å². The summed E-state index contributed by atoms with van der Waals surface area (Å²) in [4.78, 5) is 0. The van der Waals surface area contributed by atoms with Gasteiger partial charge in [-0.2, -0.15) is 0 Å². The lowest BCUT2D eigenvalue weighted by Gasteiger charge is -2.09. The molecular formula is C7H16O2. The Morgan fingerprint density at radius 2 is 1.89 bits per heavy atom. The highest BCUT2D eigenvalue weighted by atomic mass is 16.5. The van der Waals surface area contributed by atoms with E-state index in [0.717, 1.165) is 26.2 Å². The highest BCUT2D eigenvalue weighted by Crippen LogP contribution is 1.93. The maximum absolute atomic E-state index is 4.72. The van der Waals surface area contributed by atoms with Gasteiger partial charge in [-0.3, -0.25) is 0 Å². The minimum absolute atomic E-state index is 0.889. The molecule has 0 bridgehead atoms. The van der Waals surface area contributed by atoms with E-state index in [0.29, 0.717) is 0 Å². The van der Waals surface area contributed by atoms with Crippen molar-refractivity contribution in [2.24, 2.45) is 0 Å². The van der Waals surface area contributed by atoms with E-state index < -0.39 is 0 Å². The molecule has 0 aliphatic carbocycles. The van der Waals surface area contributed by atoms with Gasteiger partial charge in [-0.15, -0.1) is 0 Å². The number of methoxy groups -OCH3 is 1. The van der Waals surface area contributed by atoms with Crippen molar-refractivity contribution >= 4 is 0 Å². The van der Waals surface area contributed by atoms with E-state index in [9.17, 15) is 0 Å². The van der Waals surface area contributed by atoms with Gasteiger partial charge in [0.2, 0.25) is 0 Å². The van der Waals surface area contributed by atoms with Crippen molar-refractivity contribution in [3.8, 4) is 0 Å². The van der Waals surface area contributed by atoms with Crippen LogP contribution in [0.4, 0.5) is 0 Å². The van der Waals surface area contributed by atoms with Crippen LogP contribution in [-0.2, 0) is 9.47 Å². The zero-order chi connectivity index (χ0) is 6.95. The predicted molar refractivity (Wildman–Crippen MR) is 37.6 cm³/mol. The lowest BCUT2D eigenvalue weighted by atomic mass is 10.4. The first kappa shape index (κ1) is 8.92. The Morgan fingerprint density at radius 3 is 1.89 bits per heavy atom. The first-order valence-electron chi connectivity index (χ1n) is 3.48. The second-order valence-corrected chi connectivity index (χ2v) is 1.96. The molecule has 0 aromatic rings. The topological polar surface area (TPSA) is 18.5 Å². The van der Waals surface area contributed by atoms with Gasteiger partial charge in [-0.25, -0.2) is 0 Å². The summed E-state index contributed by atoms with van der Waals surface area (Å²) < 4.78 is 9.41. The molecule has 0 radical (unpaired) electrons. The SMILES string of the molecule is C1COC1.CCCOC. The van der Waals surface area contributed by atoms with Gasteiger partial charge < -0.3 is 9.47 Å². The Kier molecular flexibility index (Phi) is 7.85. The van der Waals surface area contributed by atoms with Crippen LogP contribution in [0.15, 0.2) is 0 Å². The fourth-order valence-corrected chi connectivity index (χ4v) is 0.348. The molecule has 2 nitrogen and oxygen atoms in total. The molecule has 0 saturated carbocycles. The van der Waals surface area contributed by atoms with Crippen LogP contribution >= 0.6 is 0 Å². The van der Waals surface area contributed by atoms with Gasteiger partial charge in [0, 0.05) is 26.9 Å². The lowest BCUT2D eigenvalue weighted by molar-refractivity contribution is 0.0367. The number of hydrogen-bond donors (Lipinski definition) is 0. The molecule has 0 atom stereocenters. The molecule has 1 aliphatic rings.